The Balaban J connectivity index is 1.88. The van der Waals surface area contributed by atoms with E-state index in [0.29, 0.717) is 6.54 Å². The summed E-state index contributed by atoms with van der Waals surface area (Å²) in [5, 5.41) is 0.777. The van der Waals surface area contributed by atoms with Crippen LogP contribution in [0.4, 0.5) is 5.69 Å². The van der Waals surface area contributed by atoms with E-state index in [-0.39, 0.29) is 6.04 Å². The fraction of sp³-hybridized carbons (Fsp3) is 0.333. The number of halogens is 1. The van der Waals surface area contributed by atoms with E-state index in [1.54, 1.807) is 0 Å². The van der Waals surface area contributed by atoms with Gasteiger partial charge in [0, 0.05) is 50.5 Å². The van der Waals surface area contributed by atoms with Crippen molar-refractivity contribution in [3.63, 3.8) is 0 Å². The van der Waals surface area contributed by atoms with Gasteiger partial charge >= 0.3 is 0 Å². The molecule has 1 aliphatic heterocycles. The zero-order valence-corrected chi connectivity index (χ0v) is 13.8. The molecule has 4 heteroatoms. The SMILES string of the molecule is CN(C)c1cccc2c1CN(Cc1ccc(Cl)cc1)C2CN. The maximum Gasteiger partial charge on any atom is 0.0481 e. The van der Waals surface area contributed by atoms with Crippen LogP contribution in [0.1, 0.15) is 22.7 Å². The largest absolute Gasteiger partial charge is 0.377 e. The average Bonchev–Trinajstić information content (AvgIpc) is 2.86. The molecule has 3 rings (SSSR count). The van der Waals surface area contributed by atoms with Gasteiger partial charge in [-0.3, -0.25) is 4.90 Å². The van der Waals surface area contributed by atoms with Gasteiger partial charge in [0.1, 0.15) is 0 Å². The summed E-state index contributed by atoms with van der Waals surface area (Å²) in [6.45, 7) is 2.46. The van der Waals surface area contributed by atoms with Crippen LogP contribution in [-0.4, -0.2) is 25.5 Å². The topological polar surface area (TPSA) is 32.5 Å². The first-order chi connectivity index (χ1) is 10.6. The molecule has 1 unspecified atom stereocenters. The van der Waals surface area contributed by atoms with Crippen molar-refractivity contribution in [2.45, 2.75) is 19.1 Å². The summed E-state index contributed by atoms with van der Waals surface area (Å²) in [5.41, 5.74) is 11.4. The van der Waals surface area contributed by atoms with Gasteiger partial charge in [-0.1, -0.05) is 35.9 Å². The molecule has 3 nitrogen and oxygen atoms in total. The number of fused-ring (bicyclic) bond motifs is 1. The van der Waals surface area contributed by atoms with Crippen LogP contribution < -0.4 is 10.6 Å². The van der Waals surface area contributed by atoms with Gasteiger partial charge in [-0.15, -0.1) is 0 Å². The summed E-state index contributed by atoms with van der Waals surface area (Å²) >= 11 is 5.97. The van der Waals surface area contributed by atoms with Crippen LogP contribution in [0.3, 0.4) is 0 Å². The van der Waals surface area contributed by atoms with Gasteiger partial charge in [0.2, 0.25) is 0 Å². The van der Waals surface area contributed by atoms with Crippen molar-refractivity contribution in [2.75, 3.05) is 25.5 Å². The van der Waals surface area contributed by atoms with Crippen LogP contribution in [0.15, 0.2) is 42.5 Å². The Kier molecular flexibility index (Phi) is 4.39. The van der Waals surface area contributed by atoms with Crippen molar-refractivity contribution in [1.29, 1.82) is 0 Å². The molecule has 0 aromatic heterocycles. The predicted octanol–water partition coefficient (Wildman–Crippen LogP) is 3.42. The first-order valence-electron chi connectivity index (χ1n) is 7.58. The third-order valence-corrected chi connectivity index (χ3v) is 4.60. The van der Waals surface area contributed by atoms with Crippen LogP contribution in [0, 0.1) is 0 Å². The first kappa shape index (κ1) is 15.3. The second-order valence-corrected chi connectivity index (χ2v) is 6.46. The maximum atomic E-state index is 6.07. The van der Waals surface area contributed by atoms with E-state index < -0.39 is 0 Å². The molecule has 116 valence electrons. The minimum atomic E-state index is 0.283. The monoisotopic (exact) mass is 315 g/mol. The Labute approximate surface area is 137 Å². The highest BCUT2D eigenvalue weighted by molar-refractivity contribution is 6.30. The highest BCUT2D eigenvalue weighted by Gasteiger charge is 2.31. The number of nitrogens with zero attached hydrogens (tertiary/aromatic N) is 2. The Morgan fingerprint density at radius 2 is 1.91 bits per heavy atom. The Hall–Kier alpha value is -1.55. The zero-order chi connectivity index (χ0) is 15.7. The van der Waals surface area contributed by atoms with Crippen LogP contribution in [0.5, 0.6) is 0 Å². The van der Waals surface area contributed by atoms with E-state index in [0.717, 1.165) is 18.1 Å². The summed E-state index contributed by atoms with van der Waals surface area (Å²) in [6, 6.07) is 14.9. The van der Waals surface area contributed by atoms with Crippen molar-refractivity contribution in [1.82, 2.24) is 4.90 Å². The minimum Gasteiger partial charge on any atom is -0.377 e. The second kappa shape index (κ2) is 6.29. The first-order valence-corrected chi connectivity index (χ1v) is 7.95. The van der Waals surface area contributed by atoms with E-state index in [4.69, 9.17) is 17.3 Å². The molecule has 0 saturated carbocycles. The van der Waals surface area contributed by atoms with Crippen molar-refractivity contribution in [3.05, 3.63) is 64.2 Å². The molecule has 0 aliphatic carbocycles. The Bertz CT molecular complexity index is 652. The van der Waals surface area contributed by atoms with E-state index in [2.05, 4.69) is 54.2 Å². The van der Waals surface area contributed by atoms with E-state index in [9.17, 15) is 0 Å². The smallest absolute Gasteiger partial charge is 0.0481 e. The summed E-state index contributed by atoms with van der Waals surface area (Å²) in [7, 11) is 4.18. The molecule has 2 N–H and O–H groups in total. The number of rotatable bonds is 4. The van der Waals surface area contributed by atoms with Crippen molar-refractivity contribution in [2.24, 2.45) is 5.73 Å². The number of benzene rings is 2. The molecular formula is C18H22ClN3. The summed E-state index contributed by atoms with van der Waals surface area (Å²) < 4.78 is 0. The molecule has 0 spiro atoms. The Morgan fingerprint density at radius 1 is 1.18 bits per heavy atom. The quantitative estimate of drug-likeness (QED) is 0.938. The van der Waals surface area contributed by atoms with Gasteiger partial charge in [-0.05, 0) is 34.9 Å². The number of anilines is 1. The molecular weight excluding hydrogens is 294 g/mol. The summed E-state index contributed by atoms with van der Waals surface area (Å²) in [5.74, 6) is 0. The molecule has 2 aromatic carbocycles. The van der Waals surface area contributed by atoms with Gasteiger partial charge in [0.25, 0.3) is 0 Å². The van der Waals surface area contributed by atoms with Gasteiger partial charge in [-0.2, -0.15) is 0 Å². The average molecular weight is 316 g/mol. The van der Waals surface area contributed by atoms with E-state index in [1.165, 1.54) is 22.4 Å². The molecule has 0 amide bonds. The lowest BCUT2D eigenvalue weighted by molar-refractivity contribution is 0.211. The summed E-state index contributed by atoms with van der Waals surface area (Å²) in [6.07, 6.45) is 0. The zero-order valence-electron chi connectivity index (χ0n) is 13.1. The van der Waals surface area contributed by atoms with Gasteiger partial charge < -0.3 is 10.6 Å². The highest BCUT2D eigenvalue weighted by atomic mass is 35.5. The van der Waals surface area contributed by atoms with Crippen LogP contribution >= 0.6 is 11.6 Å². The molecule has 1 aliphatic rings. The van der Waals surface area contributed by atoms with Crippen molar-refractivity contribution in [3.8, 4) is 0 Å². The third-order valence-electron chi connectivity index (χ3n) is 4.35. The lowest BCUT2D eigenvalue weighted by atomic mass is 10.0. The third kappa shape index (κ3) is 2.84. The highest BCUT2D eigenvalue weighted by Crippen LogP contribution is 2.38. The molecule has 1 atom stereocenters. The van der Waals surface area contributed by atoms with Crippen molar-refractivity contribution < 1.29 is 0 Å². The van der Waals surface area contributed by atoms with Crippen LogP contribution in [0.2, 0.25) is 5.02 Å². The second-order valence-electron chi connectivity index (χ2n) is 6.02. The maximum absolute atomic E-state index is 6.07. The minimum absolute atomic E-state index is 0.283. The predicted molar refractivity (Wildman–Crippen MR) is 93.3 cm³/mol. The van der Waals surface area contributed by atoms with Gasteiger partial charge in [-0.25, -0.2) is 0 Å². The normalized spacial score (nSPS) is 17.5. The van der Waals surface area contributed by atoms with Crippen LogP contribution in [-0.2, 0) is 13.1 Å². The summed E-state index contributed by atoms with van der Waals surface area (Å²) in [4.78, 5) is 4.62. The number of hydrogen-bond acceptors (Lipinski definition) is 3. The van der Waals surface area contributed by atoms with E-state index in [1.807, 2.05) is 12.1 Å². The molecule has 0 radical (unpaired) electrons. The number of hydrogen-bond donors (Lipinski definition) is 1. The fourth-order valence-corrected chi connectivity index (χ4v) is 3.40. The molecule has 2 aromatic rings. The number of nitrogens with two attached hydrogens (primary N) is 1. The van der Waals surface area contributed by atoms with Crippen LogP contribution in [0.25, 0.3) is 0 Å². The Morgan fingerprint density at radius 3 is 2.55 bits per heavy atom. The molecule has 0 bridgehead atoms. The van der Waals surface area contributed by atoms with Crippen molar-refractivity contribution >= 4 is 17.3 Å². The molecule has 0 fully saturated rings. The van der Waals surface area contributed by atoms with E-state index >= 15 is 0 Å². The van der Waals surface area contributed by atoms with Gasteiger partial charge in [0.05, 0.1) is 0 Å². The lowest BCUT2D eigenvalue weighted by Crippen LogP contribution is -2.27. The molecule has 22 heavy (non-hydrogen) atoms. The molecule has 0 saturated heterocycles. The fourth-order valence-electron chi connectivity index (χ4n) is 3.27. The molecule has 1 heterocycles. The lowest BCUT2D eigenvalue weighted by Gasteiger charge is -2.23. The van der Waals surface area contributed by atoms with Gasteiger partial charge in [0.15, 0.2) is 0 Å². The standard InChI is InChI=1S/C18H22ClN3/c1-21(2)17-5-3-4-15-16(17)12-22(18(15)10-20)11-13-6-8-14(19)9-7-13/h3-9,18H,10-12,20H2,1-2H3.